The van der Waals surface area contributed by atoms with Gasteiger partial charge in [-0.3, -0.25) is 4.68 Å². The summed E-state index contributed by atoms with van der Waals surface area (Å²) in [4.78, 5) is 0. The normalized spacial score (nSPS) is 12.3. The molecule has 2 aromatic rings. The lowest BCUT2D eigenvalue weighted by Gasteiger charge is -2.20. The first-order valence-electron chi connectivity index (χ1n) is 5.36. The molecule has 2 heteroatoms. The van der Waals surface area contributed by atoms with Crippen LogP contribution in [0.3, 0.4) is 0 Å². The molecule has 0 aliphatic rings. The number of rotatable bonds is 0. The van der Waals surface area contributed by atoms with E-state index < -0.39 is 0 Å². The Hall–Kier alpha value is -1.31. The smallest absolute Gasteiger partial charge is 0.0691 e. The predicted octanol–water partition coefficient (Wildman–Crippen LogP) is 3.41. The van der Waals surface area contributed by atoms with Gasteiger partial charge < -0.3 is 0 Å². The Morgan fingerprint density at radius 1 is 1.13 bits per heavy atom. The quantitative estimate of drug-likeness (QED) is 0.640. The number of fused-ring (bicyclic) bond motifs is 1. The van der Waals surface area contributed by atoms with Crippen LogP contribution in [-0.4, -0.2) is 9.78 Å². The van der Waals surface area contributed by atoms with Crippen molar-refractivity contribution in [3.63, 3.8) is 0 Å². The molecular formula is C13H18N2. The van der Waals surface area contributed by atoms with E-state index in [0.717, 1.165) is 5.69 Å². The summed E-state index contributed by atoms with van der Waals surface area (Å²) in [5, 5.41) is 5.89. The Balaban J connectivity index is 2.79. The summed E-state index contributed by atoms with van der Waals surface area (Å²) >= 11 is 0. The zero-order chi connectivity index (χ0) is 11.2. The highest BCUT2D eigenvalue weighted by molar-refractivity contribution is 5.82. The molecule has 1 heterocycles. The number of hydrogen-bond acceptors (Lipinski definition) is 1. The molecule has 0 fully saturated rings. The maximum atomic E-state index is 4.62. The van der Waals surface area contributed by atoms with E-state index in [1.165, 1.54) is 16.5 Å². The molecule has 1 aromatic carbocycles. The molecule has 0 atom stereocenters. The van der Waals surface area contributed by atoms with Crippen molar-refractivity contribution in [1.29, 1.82) is 0 Å². The van der Waals surface area contributed by atoms with Gasteiger partial charge in [-0.1, -0.05) is 11.6 Å². The molecule has 0 aliphatic carbocycles. The van der Waals surface area contributed by atoms with Crippen molar-refractivity contribution in [2.75, 3.05) is 0 Å². The minimum Gasteiger partial charge on any atom is -0.259 e. The molecule has 1 aromatic heterocycles. The largest absolute Gasteiger partial charge is 0.259 e. The third kappa shape index (κ3) is 1.65. The average molecular weight is 202 g/mol. The van der Waals surface area contributed by atoms with Crippen LogP contribution in [0, 0.1) is 13.8 Å². The monoisotopic (exact) mass is 202 g/mol. The van der Waals surface area contributed by atoms with Gasteiger partial charge in [0, 0.05) is 5.39 Å². The van der Waals surface area contributed by atoms with Crippen LogP contribution in [0.25, 0.3) is 10.9 Å². The zero-order valence-electron chi connectivity index (χ0n) is 10.1. The number of benzene rings is 1. The number of nitrogens with zero attached hydrogens (tertiary/aromatic N) is 2. The molecule has 80 valence electrons. The highest BCUT2D eigenvalue weighted by atomic mass is 15.3. The molecule has 2 nitrogen and oxygen atoms in total. The number of aromatic nitrogens is 2. The third-order valence-corrected chi connectivity index (χ3v) is 2.66. The summed E-state index contributed by atoms with van der Waals surface area (Å²) < 4.78 is 2.11. The lowest BCUT2D eigenvalue weighted by Crippen LogP contribution is -2.22. The summed E-state index contributed by atoms with van der Waals surface area (Å²) in [5.41, 5.74) is 3.68. The summed E-state index contributed by atoms with van der Waals surface area (Å²) in [7, 11) is 0. The van der Waals surface area contributed by atoms with E-state index in [9.17, 15) is 0 Å². The molecule has 0 radical (unpaired) electrons. The summed E-state index contributed by atoms with van der Waals surface area (Å²) in [6, 6.07) is 6.52. The highest BCUT2D eigenvalue weighted by Crippen LogP contribution is 2.25. The van der Waals surface area contributed by atoms with Crippen LogP contribution >= 0.6 is 0 Å². The first kappa shape index (κ1) is 10.2. The van der Waals surface area contributed by atoms with Crippen molar-refractivity contribution in [1.82, 2.24) is 9.78 Å². The highest BCUT2D eigenvalue weighted by Gasteiger charge is 2.18. The van der Waals surface area contributed by atoms with E-state index in [4.69, 9.17) is 0 Å². The molecule has 0 amide bonds. The van der Waals surface area contributed by atoms with Gasteiger partial charge in [-0.05, 0) is 46.8 Å². The Bertz CT molecular complexity index is 501. The Labute approximate surface area is 90.9 Å². The van der Waals surface area contributed by atoms with Gasteiger partial charge in [0.05, 0.1) is 16.7 Å². The summed E-state index contributed by atoms with van der Waals surface area (Å²) in [6.45, 7) is 10.7. The van der Waals surface area contributed by atoms with Crippen molar-refractivity contribution in [3.8, 4) is 0 Å². The second-order valence-electron chi connectivity index (χ2n) is 5.19. The van der Waals surface area contributed by atoms with Gasteiger partial charge in [0.15, 0.2) is 0 Å². The van der Waals surface area contributed by atoms with Crippen LogP contribution < -0.4 is 0 Å². The van der Waals surface area contributed by atoms with Crippen molar-refractivity contribution in [3.05, 3.63) is 29.5 Å². The Morgan fingerprint density at radius 3 is 2.40 bits per heavy atom. The van der Waals surface area contributed by atoms with E-state index in [1.807, 2.05) is 0 Å². The fourth-order valence-electron chi connectivity index (χ4n) is 1.89. The van der Waals surface area contributed by atoms with Crippen LogP contribution in [0.4, 0.5) is 0 Å². The van der Waals surface area contributed by atoms with Crippen LogP contribution in [0.15, 0.2) is 18.2 Å². The lowest BCUT2D eigenvalue weighted by atomic mass is 10.1. The van der Waals surface area contributed by atoms with E-state index in [0.29, 0.717) is 0 Å². The predicted molar refractivity (Wildman–Crippen MR) is 64.2 cm³/mol. The second kappa shape index (κ2) is 3.09. The minimum atomic E-state index is 0.0434. The first-order chi connectivity index (χ1) is 6.89. The molecule has 0 saturated heterocycles. The molecule has 15 heavy (non-hydrogen) atoms. The van der Waals surface area contributed by atoms with Gasteiger partial charge in [-0.2, -0.15) is 5.10 Å². The van der Waals surface area contributed by atoms with E-state index in [2.05, 4.69) is 62.6 Å². The van der Waals surface area contributed by atoms with E-state index in [1.54, 1.807) is 0 Å². The van der Waals surface area contributed by atoms with E-state index >= 15 is 0 Å². The maximum absolute atomic E-state index is 4.62. The fraction of sp³-hybridized carbons (Fsp3) is 0.462. The molecule has 0 unspecified atom stereocenters. The number of hydrogen-bond donors (Lipinski definition) is 0. The Kier molecular flexibility index (Phi) is 2.10. The van der Waals surface area contributed by atoms with Crippen LogP contribution in [-0.2, 0) is 5.54 Å². The van der Waals surface area contributed by atoms with E-state index in [-0.39, 0.29) is 5.54 Å². The second-order valence-corrected chi connectivity index (χ2v) is 5.19. The molecular weight excluding hydrogens is 184 g/mol. The molecule has 0 aliphatic heterocycles. The standard InChI is InChI=1S/C13H18N2/c1-9-6-7-12-11(8-9)10(2)14-15(12)13(3,4)5/h6-8H,1-5H3. The van der Waals surface area contributed by atoms with Gasteiger partial charge in [-0.15, -0.1) is 0 Å². The molecule has 2 rings (SSSR count). The van der Waals surface area contributed by atoms with Crippen molar-refractivity contribution < 1.29 is 0 Å². The zero-order valence-corrected chi connectivity index (χ0v) is 10.1. The van der Waals surface area contributed by atoms with Gasteiger partial charge in [-0.25, -0.2) is 0 Å². The first-order valence-corrected chi connectivity index (χ1v) is 5.36. The molecule has 0 N–H and O–H groups in total. The summed E-state index contributed by atoms with van der Waals surface area (Å²) in [5.74, 6) is 0. The summed E-state index contributed by atoms with van der Waals surface area (Å²) in [6.07, 6.45) is 0. The lowest BCUT2D eigenvalue weighted by molar-refractivity contribution is 0.366. The van der Waals surface area contributed by atoms with Crippen LogP contribution in [0.1, 0.15) is 32.0 Å². The third-order valence-electron chi connectivity index (χ3n) is 2.66. The van der Waals surface area contributed by atoms with Crippen LogP contribution in [0.5, 0.6) is 0 Å². The van der Waals surface area contributed by atoms with Gasteiger partial charge in [0.25, 0.3) is 0 Å². The fourth-order valence-corrected chi connectivity index (χ4v) is 1.89. The van der Waals surface area contributed by atoms with Crippen molar-refractivity contribution in [2.24, 2.45) is 0 Å². The average Bonchev–Trinajstić information content (AvgIpc) is 2.43. The molecule has 0 spiro atoms. The maximum Gasteiger partial charge on any atom is 0.0691 e. The van der Waals surface area contributed by atoms with Crippen molar-refractivity contribution >= 4 is 10.9 Å². The Morgan fingerprint density at radius 2 is 1.80 bits per heavy atom. The van der Waals surface area contributed by atoms with Gasteiger partial charge in [0.1, 0.15) is 0 Å². The topological polar surface area (TPSA) is 17.8 Å². The number of aryl methyl sites for hydroxylation is 2. The molecule has 0 saturated carbocycles. The SMILES string of the molecule is Cc1ccc2c(c1)c(C)nn2C(C)(C)C. The minimum absolute atomic E-state index is 0.0434. The molecule has 0 bridgehead atoms. The van der Waals surface area contributed by atoms with Crippen molar-refractivity contribution in [2.45, 2.75) is 40.2 Å². The van der Waals surface area contributed by atoms with Gasteiger partial charge >= 0.3 is 0 Å². The van der Waals surface area contributed by atoms with Crippen LogP contribution in [0.2, 0.25) is 0 Å². The van der Waals surface area contributed by atoms with Gasteiger partial charge in [0.2, 0.25) is 0 Å².